The van der Waals surface area contributed by atoms with Crippen LogP contribution in [0.5, 0.6) is 5.75 Å². The molecule has 12 nitrogen and oxygen atoms in total. The van der Waals surface area contributed by atoms with Gasteiger partial charge in [0.25, 0.3) is 15.9 Å². The molecule has 0 aliphatic carbocycles. The van der Waals surface area contributed by atoms with Crippen molar-refractivity contribution in [3.8, 4) is 16.2 Å². The predicted octanol–water partition coefficient (Wildman–Crippen LogP) is 0.107. The van der Waals surface area contributed by atoms with Crippen molar-refractivity contribution in [1.29, 1.82) is 0 Å². The van der Waals surface area contributed by atoms with Gasteiger partial charge >= 0.3 is 5.97 Å². The van der Waals surface area contributed by atoms with Crippen LogP contribution in [0.3, 0.4) is 0 Å². The molecule has 1 aromatic heterocycles. The molecule has 34 heavy (non-hydrogen) atoms. The van der Waals surface area contributed by atoms with Gasteiger partial charge in [0.2, 0.25) is 10.0 Å². The smallest absolute Gasteiger partial charge is 0.343 e. The molecule has 0 radical (unpaired) electrons. The zero-order valence-electron chi connectivity index (χ0n) is 18.2. The molecule has 1 aliphatic heterocycles. The Morgan fingerprint density at radius 1 is 1.12 bits per heavy atom. The molecule has 0 unspecified atom stereocenters. The number of methoxy groups -OCH3 is 1. The lowest BCUT2D eigenvalue weighted by atomic mass is 10.2. The number of hydrogen-bond donors (Lipinski definition) is 2. The molecule has 186 valence electrons. The maximum absolute atomic E-state index is 13.3. The van der Waals surface area contributed by atoms with Gasteiger partial charge in [0.05, 0.1) is 13.4 Å². The van der Waals surface area contributed by atoms with Gasteiger partial charge in [0.1, 0.15) is 16.0 Å². The van der Waals surface area contributed by atoms with E-state index in [-0.39, 0.29) is 23.9 Å². The molecule has 0 saturated carbocycles. The zero-order valence-corrected chi connectivity index (χ0v) is 20.7. The van der Waals surface area contributed by atoms with Gasteiger partial charge in [-0.2, -0.15) is 8.61 Å². The number of nitrogens with one attached hydrogen (secondary N) is 1. The number of amides is 1. The van der Waals surface area contributed by atoms with Crippen molar-refractivity contribution in [3.05, 3.63) is 36.4 Å². The highest BCUT2D eigenvalue weighted by Crippen LogP contribution is 2.34. The quantitative estimate of drug-likeness (QED) is 0.273. The molecule has 1 atom stereocenters. The number of rotatable bonds is 8. The summed E-state index contributed by atoms with van der Waals surface area (Å²) in [6.45, 7) is -1.05. The zero-order chi connectivity index (χ0) is 25.1. The van der Waals surface area contributed by atoms with Crippen LogP contribution >= 0.6 is 11.3 Å². The Morgan fingerprint density at radius 3 is 2.38 bits per heavy atom. The highest BCUT2D eigenvalue weighted by molar-refractivity contribution is 7.91. The van der Waals surface area contributed by atoms with Crippen LogP contribution in [0.1, 0.15) is 0 Å². The van der Waals surface area contributed by atoms with Crippen LogP contribution in [0.2, 0.25) is 0 Å². The first-order valence-electron chi connectivity index (χ1n) is 9.78. The maximum Gasteiger partial charge on any atom is 0.343 e. The number of ether oxygens (including phenoxy) is 2. The lowest BCUT2D eigenvalue weighted by Gasteiger charge is -2.37. The number of carbonyl (C=O) groups excluding carboxylic acids is 2. The fourth-order valence-electron chi connectivity index (χ4n) is 3.26. The summed E-state index contributed by atoms with van der Waals surface area (Å²) in [5, 5.41) is 9.07. The Bertz CT molecular complexity index is 1260. The molecule has 0 spiro atoms. The number of hydroxylamine groups is 1. The summed E-state index contributed by atoms with van der Waals surface area (Å²) in [6, 6.07) is 8.21. The molecule has 1 aromatic carbocycles. The minimum atomic E-state index is -4.17. The summed E-state index contributed by atoms with van der Waals surface area (Å²) >= 11 is 0.971. The number of sulfonamides is 2. The van der Waals surface area contributed by atoms with Gasteiger partial charge < -0.3 is 9.47 Å². The van der Waals surface area contributed by atoms with E-state index in [2.05, 4.69) is 4.74 Å². The van der Waals surface area contributed by atoms with Gasteiger partial charge in [-0.15, -0.1) is 11.3 Å². The molecular weight excluding hydrogens is 510 g/mol. The van der Waals surface area contributed by atoms with Crippen LogP contribution in [0.4, 0.5) is 0 Å². The van der Waals surface area contributed by atoms with E-state index in [0.29, 0.717) is 16.2 Å². The molecule has 1 amide bonds. The fraction of sp³-hybridized carbons (Fsp3) is 0.368. The second kappa shape index (κ2) is 10.4. The molecule has 1 saturated heterocycles. The molecule has 1 aliphatic rings. The average Bonchev–Trinajstić information content (AvgIpc) is 3.32. The highest BCUT2D eigenvalue weighted by Gasteiger charge is 2.42. The first-order valence-corrected chi connectivity index (χ1v) is 13.9. The van der Waals surface area contributed by atoms with Gasteiger partial charge in [-0.05, 0) is 42.0 Å². The van der Waals surface area contributed by atoms with Gasteiger partial charge in [-0.3, -0.25) is 10.0 Å². The van der Waals surface area contributed by atoms with Crippen molar-refractivity contribution in [2.45, 2.75) is 10.3 Å². The summed E-state index contributed by atoms with van der Waals surface area (Å²) in [6.07, 6.45) is 0.961. The largest absolute Gasteiger partial charge is 0.482 e. The second-order valence-corrected chi connectivity index (χ2v) is 12.4. The monoisotopic (exact) mass is 533 g/mol. The third kappa shape index (κ3) is 5.73. The van der Waals surface area contributed by atoms with Crippen molar-refractivity contribution in [2.75, 3.05) is 39.6 Å². The number of carbonyl (C=O) groups is 2. The number of benzene rings is 1. The Labute approximate surface area is 200 Å². The van der Waals surface area contributed by atoms with Crippen LogP contribution in [-0.2, 0) is 34.4 Å². The van der Waals surface area contributed by atoms with E-state index in [9.17, 15) is 26.4 Å². The third-order valence-corrected chi connectivity index (χ3v) is 9.82. The number of hydrogen-bond acceptors (Lipinski definition) is 10. The van der Waals surface area contributed by atoms with Gasteiger partial charge in [0, 0.05) is 24.5 Å². The lowest BCUT2D eigenvalue weighted by Crippen LogP contribution is -2.60. The SMILES string of the molecule is COC(=O)COc1ccc(-c2ccc(S(=O)(=O)N3CCN(S(C)(=O)=O)C[C@@H]3C(=O)NO)s2)cc1. The minimum Gasteiger partial charge on any atom is -0.482 e. The third-order valence-electron chi connectivity index (χ3n) is 5.04. The van der Waals surface area contributed by atoms with E-state index in [1.807, 2.05) is 0 Å². The fourth-order valence-corrected chi connectivity index (χ4v) is 7.10. The van der Waals surface area contributed by atoms with E-state index in [1.165, 1.54) is 18.7 Å². The summed E-state index contributed by atoms with van der Waals surface area (Å²) in [4.78, 5) is 24.0. The van der Waals surface area contributed by atoms with E-state index < -0.39 is 44.5 Å². The van der Waals surface area contributed by atoms with E-state index >= 15 is 0 Å². The average molecular weight is 534 g/mol. The first kappa shape index (κ1) is 26.1. The Hall–Kier alpha value is -2.56. The summed E-state index contributed by atoms with van der Waals surface area (Å²) < 4.78 is 62.0. The summed E-state index contributed by atoms with van der Waals surface area (Å²) in [5.74, 6) is -1.13. The van der Waals surface area contributed by atoms with Gasteiger partial charge in [-0.1, -0.05) is 0 Å². The molecule has 0 bridgehead atoms. The lowest BCUT2D eigenvalue weighted by molar-refractivity contribution is -0.143. The minimum absolute atomic E-state index is 0.0444. The molecule has 15 heteroatoms. The van der Waals surface area contributed by atoms with Crippen LogP contribution < -0.4 is 10.2 Å². The normalized spacial score (nSPS) is 17.8. The van der Waals surface area contributed by atoms with E-state index in [0.717, 1.165) is 26.2 Å². The van der Waals surface area contributed by atoms with Crippen LogP contribution in [-0.4, -0.2) is 88.2 Å². The van der Waals surface area contributed by atoms with E-state index in [1.54, 1.807) is 30.3 Å². The maximum atomic E-state index is 13.3. The number of piperazine rings is 1. The van der Waals surface area contributed by atoms with Crippen molar-refractivity contribution in [1.82, 2.24) is 14.1 Å². The molecule has 1 fully saturated rings. The molecule has 3 rings (SSSR count). The highest BCUT2D eigenvalue weighted by atomic mass is 32.2. The second-order valence-electron chi connectivity index (χ2n) is 7.24. The van der Waals surface area contributed by atoms with E-state index in [4.69, 9.17) is 9.94 Å². The topological polar surface area (TPSA) is 160 Å². The standard InChI is InChI=1S/C19H23N3O9S3/c1-30-17(23)12-31-14-5-3-13(4-6-14)16-7-8-18(32-16)34(28,29)22-10-9-21(33(2,26)27)11-15(22)19(24)20-25/h3-8,15,25H,9-12H2,1-2H3,(H,20,24)/t15-/m1/s1. The van der Waals surface area contributed by atoms with Gasteiger partial charge in [0.15, 0.2) is 6.61 Å². The van der Waals surface area contributed by atoms with Crippen LogP contribution in [0.15, 0.2) is 40.6 Å². The summed E-state index contributed by atoms with van der Waals surface area (Å²) in [7, 11) is -6.58. The van der Waals surface area contributed by atoms with Gasteiger partial charge in [-0.25, -0.2) is 27.1 Å². The Balaban J connectivity index is 1.82. The Morgan fingerprint density at radius 2 is 1.79 bits per heavy atom. The number of nitrogens with zero attached hydrogens (tertiary/aromatic N) is 2. The van der Waals surface area contributed by atoms with Crippen molar-refractivity contribution >= 4 is 43.3 Å². The van der Waals surface area contributed by atoms with Crippen LogP contribution in [0, 0.1) is 0 Å². The number of esters is 1. The van der Waals surface area contributed by atoms with Crippen molar-refractivity contribution < 1.29 is 41.1 Å². The first-order chi connectivity index (χ1) is 16.0. The molecule has 2 heterocycles. The Kier molecular flexibility index (Phi) is 7.95. The van der Waals surface area contributed by atoms with Crippen molar-refractivity contribution in [2.24, 2.45) is 0 Å². The number of thiophene rings is 1. The molecular formula is C19H23N3O9S3. The molecule has 2 aromatic rings. The van der Waals surface area contributed by atoms with Crippen molar-refractivity contribution in [3.63, 3.8) is 0 Å². The van der Waals surface area contributed by atoms with Crippen LogP contribution in [0.25, 0.3) is 10.4 Å². The molecule has 2 N–H and O–H groups in total. The predicted molar refractivity (Wildman–Crippen MR) is 121 cm³/mol. The summed E-state index contributed by atoms with van der Waals surface area (Å²) in [5.41, 5.74) is 2.11.